The van der Waals surface area contributed by atoms with Crippen LogP contribution in [0.2, 0.25) is 0 Å². The quantitative estimate of drug-likeness (QED) is 0.748. The molecule has 1 aromatic carbocycles. The van der Waals surface area contributed by atoms with E-state index in [2.05, 4.69) is 26.2 Å². The molecule has 86 valence electrons. The minimum atomic E-state index is 0.373. The van der Waals surface area contributed by atoms with Gasteiger partial charge in [-0.2, -0.15) is 5.10 Å². The molecular formula is C11H9BrN4O. The average molecular weight is 293 g/mol. The molecule has 6 heteroatoms. The summed E-state index contributed by atoms with van der Waals surface area (Å²) in [6.07, 6.45) is 0. The third-order valence-electron chi connectivity index (χ3n) is 2.61. The molecule has 5 nitrogen and oxygen atoms in total. The van der Waals surface area contributed by atoms with Crippen molar-refractivity contribution in [1.82, 2.24) is 14.9 Å². The maximum Gasteiger partial charge on any atom is 0.171 e. The van der Waals surface area contributed by atoms with Crippen LogP contribution < -0.4 is 5.73 Å². The Bertz CT molecular complexity index is 701. The van der Waals surface area contributed by atoms with E-state index in [1.165, 1.54) is 0 Å². The molecule has 3 rings (SSSR count). The highest BCUT2D eigenvalue weighted by molar-refractivity contribution is 9.10. The summed E-state index contributed by atoms with van der Waals surface area (Å²) in [5, 5.41) is 9.05. The number of para-hydroxylation sites is 1. The van der Waals surface area contributed by atoms with Crippen molar-refractivity contribution < 1.29 is 4.52 Å². The van der Waals surface area contributed by atoms with E-state index in [-0.39, 0.29) is 0 Å². The molecule has 0 aliphatic heterocycles. The van der Waals surface area contributed by atoms with E-state index in [0.29, 0.717) is 11.6 Å². The zero-order valence-corrected chi connectivity index (χ0v) is 10.6. The van der Waals surface area contributed by atoms with Crippen LogP contribution in [-0.4, -0.2) is 14.9 Å². The number of fused-ring (bicyclic) bond motifs is 1. The molecule has 0 bridgehead atoms. The van der Waals surface area contributed by atoms with Crippen molar-refractivity contribution in [2.75, 3.05) is 5.73 Å². The number of halogens is 1. The minimum absolute atomic E-state index is 0.373. The Balaban J connectivity index is 2.37. The van der Waals surface area contributed by atoms with E-state index in [4.69, 9.17) is 10.3 Å². The standard InChI is InChI=1S/C11H9BrN4O/c1-16-10-6(8-5-9(13)15-17-8)3-2-4-7(10)11(12)14-16/h2-5H,1H3,(H2,13,15). The smallest absolute Gasteiger partial charge is 0.171 e. The lowest BCUT2D eigenvalue weighted by Crippen LogP contribution is -1.91. The maximum atomic E-state index is 5.57. The van der Waals surface area contributed by atoms with Crippen LogP contribution >= 0.6 is 15.9 Å². The first-order valence-electron chi connectivity index (χ1n) is 5.00. The molecule has 0 atom stereocenters. The molecular weight excluding hydrogens is 284 g/mol. The number of nitrogens with two attached hydrogens (primary N) is 1. The second-order valence-electron chi connectivity index (χ2n) is 3.73. The number of benzene rings is 1. The third kappa shape index (κ3) is 1.52. The number of nitrogen functional groups attached to an aromatic ring is 1. The second-order valence-corrected chi connectivity index (χ2v) is 4.48. The molecule has 0 fully saturated rings. The van der Waals surface area contributed by atoms with Crippen LogP contribution in [0.5, 0.6) is 0 Å². The molecule has 0 spiro atoms. The van der Waals surface area contributed by atoms with E-state index < -0.39 is 0 Å². The highest BCUT2D eigenvalue weighted by atomic mass is 79.9. The Morgan fingerprint density at radius 2 is 2.24 bits per heavy atom. The van der Waals surface area contributed by atoms with Crippen LogP contribution in [0, 0.1) is 0 Å². The molecule has 0 radical (unpaired) electrons. The fourth-order valence-corrected chi connectivity index (χ4v) is 2.47. The highest BCUT2D eigenvalue weighted by Gasteiger charge is 2.14. The number of hydrogen-bond donors (Lipinski definition) is 1. The largest absolute Gasteiger partial charge is 0.381 e. The van der Waals surface area contributed by atoms with Gasteiger partial charge >= 0.3 is 0 Å². The maximum absolute atomic E-state index is 5.57. The van der Waals surface area contributed by atoms with Crippen molar-refractivity contribution in [3.8, 4) is 11.3 Å². The summed E-state index contributed by atoms with van der Waals surface area (Å²) in [5.41, 5.74) is 7.47. The monoisotopic (exact) mass is 292 g/mol. The van der Waals surface area contributed by atoms with Crippen molar-refractivity contribution >= 4 is 32.7 Å². The van der Waals surface area contributed by atoms with Gasteiger partial charge in [0.15, 0.2) is 11.6 Å². The van der Waals surface area contributed by atoms with Crippen molar-refractivity contribution in [1.29, 1.82) is 0 Å². The van der Waals surface area contributed by atoms with Crippen LogP contribution in [-0.2, 0) is 7.05 Å². The van der Waals surface area contributed by atoms with Gasteiger partial charge in [-0.1, -0.05) is 11.2 Å². The Kier molecular flexibility index (Phi) is 2.19. The first-order valence-corrected chi connectivity index (χ1v) is 5.80. The fourth-order valence-electron chi connectivity index (χ4n) is 1.91. The van der Waals surface area contributed by atoms with Gasteiger partial charge in [-0.05, 0) is 28.1 Å². The van der Waals surface area contributed by atoms with Crippen LogP contribution in [0.25, 0.3) is 22.2 Å². The second kappa shape index (κ2) is 3.59. The number of nitrogens with zero attached hydrogens (tertiary/aromatic N) is 3. The predicted molar refractivity (Wildman–Crippen MR) is 68.3 cm³/mol. The Hall–Kier alpha value is -1.82. The molecule has 2 N–H and O–H groups in total. The molecule has 0 saturated heterocycles. The number of rotatable bonds is 1. The Labute approximate surface area is 105 Å². The van der Waals surface area contributed by atoms with Gasteiger partial charge in [0.05, 0.1) is 5.52 Å². The van der Waals surface area contributed by atoms with Gasteiger partial charge in [-0.15, -0.1) is 0 Å². The molecule has 0 amide bonds. The van der Waals surface area contributed by atoms with Crippen LogP contribution in [0.4, 0.5) is 5.82 Å². The molecule has 0 unspecified atom stereocenters. The van der Waals surface area contributed by atoms with Gasteiger partial charge in [-0.3, -0.25) is 4.68 Å². The third-order valence-corrected chi connectivity index (χ3v) is 3.20. The lowest BCUT2D eigenvalue weighted by atomic mass is 10.1. The average Bonchev–Trinajstić information content (AvgIpc) is 2.85. The van der Waals surface area contributed by atoms with Crippen LogP contribution in [0.3, 0.4) is 0 Å². The van der Waals surface area contributed by atoms with Gasteiger partial charge in [0.2, 0.25) is 0 Å². The number of hydrogen-bond acceptors (Lipinski definition) is 4. The van der Waals surface area contributed by atoms with Crippen LogP contribution in [0.1, 0.15) is 0 Å². The molecule has 17 heavy (non-hydrogen) atoms. The van der Waals surface area contributed by atoms with Crippen molar-refractivity contribution in [2.24, 2.45) is 7.05 Å². The first-order chi connectivity index (χ1) is 8.16. The summed E-state index contributed by atoms with van der Waals surface area (Å²) in [6.45, 7) is 0. The Morgan fingerprint density at radius 3 is 2.94 bits per heavy atom. The van der Waals surface area contributed by atoms with Crippen molar-refractivity contribution in [3.05, 3.63) is 28.9 Å². The summed E-state index contributed by atoms with van der Waals surface area (Å²) in [5.74, 6) is 1.02. The molecule has 2 heterocycles. The van der Waals surface area contributed by atoms with E-state index in [0.717, 1.165) is 21.1 Å². The summed E-state index contributed by atoms with van der Waals surface area (Å²) >= 11 is 3.43. The summed E-state index contributed by atoms with van der Waals surface area (Å²) < 4.78 is 7.80. The summed E-state index contributed by atoms with van der Waals surface area (Å²) in [6, 6.07) is 7.60. The number of aromatic nitrogens is 3. The van der Waals surface area contributed by atoms with Crippen LogP contribution in [0.15, 0.2) is 33.4 Å². The fraction of sp³-hybridized carbons (Fsp3) is 0.0909. The normalized spacial score (nSPS) is 11.2. The van der Waals surface area contributed by atoms with Gasteiger partial charge in [0.1, 0.15) is 4.60 Å². The zero-order valence-electron chi connectivity index (χ0n) is 9.01. The molecule has 0 aliphatic carbocycles. The number of aryl methyl sites for hydroxylation is 1. The number of anilines is 1. The topological polar surface area (TPSA) is 69.9 Å². The van der Waals surface area contributed by atoms with Gasteiger partial charge in [0, 0.05) is 24.1 Å². The van der Waals surface area contributed by atoms with E-state index in [9.17, 15) is 0 Å². The zero-order chi connectivity index (χ0) is 12.0. The molecule has 3 aromatic rings. The summed E-state index contributed by atoms with van der Waals surface area (Å²) in [4.78, 5) is 0. The SMILES string of the molecule is Cn1nc(Br)c2cccc(-c3cc(N)no3)c21. The Morgan fingerprint density at radius 1 is 1.41 bits per heavy atom. The molecule has 0 aliphatic rings. The van der Waals surface area contributed by atoms with Crippen molar-refractivity contribution in [2.45, 2.75) is 0 Å². The minimum Gasteiger partial charge on any atom is -0.381 e. The van der Waals surface area contributed by atoms with Crippen molar-refractivity contribution in [3.63, 3.8) is 0 Å². The first kappa shape index (κ1) is 10.3. The summed E-state index contributed by atoms with van der Waals surface area (Å²) in [7, 11) is 1.89. The highest BCUT2D eigenvalue weighted by Crippen LogP contribution is 2.32. The lowest BCUT2D eigenvalue weighted by Gasteiger charge is -2.00. The molecule has 2 aromatic heterocycles. The van der Waals surface area contributed by atoms with Gasteiger partial charge < -0.3 is 10.3 Å². The lowest BCUT2D eigenvalue weighted by molar-refractivity contribution is 0.436. The predicted octanol–water partition coefficient (Wildman–Crippen LogP) is 2.57. The van der Waals surface area contributed by atoms with E-state index in [1.54, 1.807) is 10.7 Å². The van der Waals surface area contributed by atoms with E-state index >= 15 is 0 Å². The molecule has 0 saturated carbocycles. The van der Waals surface area contributed by atoms with Gasteiger partial charge in [0.25, 0.3) is 0 Å². The van der Waals surface area contributed by atoms with E-state index in [1.807, 2.05) is 25.2 Å². The van der Waals surface area contributed by atoms with Gasteiger partial charge in [-0.25, -0.2) is 0 Å².